The van der Waals surface area contributed by atoms with Gasteiger partial charge in [0, 0.05) is 12.6 Å². The standard InChI is InChI=1S/C13H20N2O3/c16-12(17)9-15(8-10-6-7-10)13(18)14-11-4-2-1-3-5-11/h1-2,10-11H,3-9H2,(H,14,18)(H,16,17). The van der Waals surface area contributed by atoms with E-state index < -0.39 is 5.97 Å². The fraction of sp³-hybridized carbons (Fsp3) is 0.692. The molecule has 0 saturated heterocycles. The molecule has 18 heavy (non-hydrogen) atoms. The molecule has 100 valence electrons. The minimum absolute atomic E-state index is 0.151. The first-order valence-electron chi connectivity index (χ1n) is 6.57. The number of hydrogen-bond donors (Lipinski definition) is 2. The lowest BCUT2D eigenvalue weighted by Gasteiger charge is -2.26. The number of hydrogen-bond acceptors (Lipinski definition) is 2. The maximum Gasteiger partial charge on any atom is 0.323 e. The lowest BCUT2D eigenvalue weighted by atomic mass is 10.0. The van der Waals surface area contributed by atoms with Gasteiger partial charge >= 0.3 is 12.0 Å². The van der Waals surface area contributed by atoms with Gasteiger partial charge < -0.3 is 15.3 Å². The summed E-state index contributed by atoms with van der Waals surface area (Å²) >= 11 is 0. The summed E-state index contributed by atoms with van der Waals surface area (Å²) in [5.74, 6) is -0.448. The van der Waals surface area contributed by atoms with Crippen molar-refractivity contribution >= 4 is 12.0 Å². The molecule has 0 aromatic heterocycles. The van der Waals surface area contributed by atoms with Crippen LogP contribution in [-0.4, -0.2) is 41.1 Å². The highest BCUT2D eigenvalue weighted by Crippen LogP contribution is 2.29. The number of allylic oxidation sites excluding steroid dienone is 1. The fourth-order valence-electron chi connectivity index (χ4n) is 2.19. The SMILES string of the molecule is O=C(O)CN(CC1CC1)C(=O)NC1CC=CCC1. The molecule has 0 radical (unpaired) electrons. The zero-order valence-electron chi connectivity index (χ0n) is 10.5. The lowest BCUT2D eigenvalue weighted by Crippen LogP contribution is -2.47. The van der Waals surface area contributed by atoms with Gasteiger partial charge in [-0.15, -0.1) is 0 Å². The van der Waals surface area contributed by atoms with Crippen molar-refractivity contribution in [3.63, 3.8) is 0 Å². The molecule has 2 N–H and O–H groups in total. The molecule has 2 rings (SSSR count). The van der Waals surface area contributed by atoms with Crippen LogP contribution in [0.4, 0.5) is 4.79 Å². The summed E-state index contributed by atoms with van der Waals surface area (Å²) in [7, 11) is 0. The Hall–Kier alpha value is -1.52. The average Bonchev–Trinajstić information content (AvgIpc) is 3.13. The molecule has 2 aliphatic carbocycles. The summed E-state index contributed by atoms with van der Waals surface area (Å²) in [5.41, 5.74) is 0. The first kappa shape index (κ1) is 12.9. The van der Waals surface area contributed by atoms with Crippen molar-refractivity contribution in [1.29, 1.82) is 0 Å². The first-order valence-corrected chi connectivity index (χ1v) is 6.57. The van der Waals surface area contributed by atoms with Crippen LogP contribution in [0.3, 0.4) is 0 Å². The predicted molar refractivity (Wildman–Crippen MR) is 67.2 cm³/mol. The number of carbonyl (C=O) groups is 2. The fourth-order valence-corrected chi connectivity index (χ4v) is 2.19. The highest BCUT2D eigenvalue weighted by Gasteiger charge is 2.28. The Morgan fingerprint density at radius 1 is 1.28 bits per heavy atom. The molecule has 0 spiro atoms. The topological polar surface area (TPSA) is 69.6 Å². The van der Waals surface area contributed by atoms with Gasteiger partial charge in [-0.05, 0) is 38.0 Å². The molecule has 0 aliphatic heterocycles. The van der Waals surface area contributed by atoms with Crippen molar-refractivity contribution in [1.82, 2.24) is 10.2 Å². The van der Waals surface area contributed by atoms with Crippen LogP contribution in [0.5, 0.6) is 0 Å². The number of rotatable bonds is 5. The number of urea groups is 1. The van der Waals surface area contributed by atoms with E-state index in [1.165, 1.54) is 4.90 Å². The van der Waals surface area contributed by atoms with Crippen molar-refractivity contribution in [2.24, 2.45) is 5.92 Å². The number of nitrogens with zero attached hydrogens (tertiary/aromatic N) is 1. The molecule has 0 bridgehead atoms. The number of carboxylic acids is 1. The van der Waals surface area contributed by atoms with Gasteiger partial charge in [0.2, 0.25) is 0 Å². The number of nitrogens with one attached hydrogen (secondary N) is 1. The van der Waals surface area contributed by atoms with E-state index in [0.717, 1.165) is 32.1 Å². The van der Waals surface area contributed by atoms with Crippen molar-refractivity contribution in [3.8, 4) is 0 Å². The van der Waals surface area contributed by atoms with Crippen LogP contribution < -0.4 is 5.32 Å². The highest BCUT2D eigenvalue weighted by atomic mass is 16.4. The van der Waals surface area contributed by atoms with Gasteiger partial charge in [-0.2, -0.15) is 0 Å². The molecule has 2 amide bonds. The Labute approximate surface area is 107 Å². The third kappa shape index (κ3) is 4.05. The van der Waals surface area contributed by atoms with Gasteiger partial charge in [0.15, 0.2) is 0 Å². The molecule has 1 atom stereocenters. The number of carboxylic acid groups (broad SMARTS) is 1. The maximum atomic E-state index is 12.0. The van der Waals surface area contributed by atoms with E-state index in [0.29, 0.717) is 12.5 Å². The maximum absolute atomic E-state index is 12.0. The van der Waals surface area contributed by atoms with E-state index in [1.807, 2.05) is 0 Å². The molecule has 0 heterocycles. The minimum atomic E-state index is -0.950. The van der Waals surface area contributed by atoms with Crippen LogP contribution >= 0.6 is 0 Å². The zero-order valence-corrected chi connectivity index (χ0v) is 10.5. The van der Waals surface area contributed by atoms with Crippen LogP contribution in [0.2, 0.25) is 0 Å². The van der Waals surface area contributed by atoms with E-state index in [9.17, 15) is 9.59 Å². The first-order chi connectivity index (χ1) is 8.65. The van der Waals surface area contributed by atoms with Crippen LogP contribution in [0.25, 0.3) is 0 Å². The second kappa shape index (κ2) is 5.89. The summed E-state index contributed by atoms with van der Waals surface area (Å²) in [4.78, 5) is 24.2. The van der Waals surface area contributed by atoms with Crippen molar-refractivity contribution < 1.29 is 14.7 Å². The van der Waals surface area contributed by atoms with Crippen LogP contribution in [0.1, 0.15) is 32.1 Å². The third-order valence-electron chi connectivity index (χ3n) is 3.39. The normalized spacial score (nSPS) is 22.6. The Morgan fingerprint density at radius 2 is 2.06 bits per heavy atom. The van der Waals surface area contributed by atoms with E-state index in [-0.39, 0.29) is 18.6 Å². The third-order valence-corrected chi connectivity index (χ3v) is 3.39. The highest BCUT2D eigenvalue weighted by molar-refractivity contribution is 5.80. The largest absolute Gasteiger partial charge is 0.480 e. The predicted octanol–water partition coefficient (Wildman–Crippen LogP) is 1.60. The number of amides is 2. The van der Waals surface area contributed by atoms with Crippen LogP contribution in [-0.2, 0) is 4.79 Å². The monoisotopic (exact) mass is 252 g/mol. The van der Waals surface area contributed by atoms with E-state index in [2.05, 4.69) is 17.5 Å². The molecule has 5 heteroatoms. The summed E-state index contributed by atoms with van der Waals surface area (Å²) in [6, 6.07) is -0.0809. The van der Waals surface area contributed by atoms with Crippen molar-refractivity contribution in [2.45, 2.75) is 38.1 Å². The molecule has 5 nitrogen and oxygen atoms in total. The second-order valence-corrected chi connectivity index (χ2v) is 5.15. The Kier molecular flexibility index (Phi) is 4.23. The number of carbonyl (C=O) groups excluding carboxylic acids is 1. The van der Waals surface area contributed by atoms with E-state index in [1.54, 1.807) is 0 Å². The smallest absolute Gasteiger partial charge is 0.323 e. The van der Waals surface area contributed by atoms with Crippen molar-refractivity contribution in [2.75, 3.05) is 13.1 Å². The molecule has 0 aromatic carbocycles. The molecule has 1 fully saturated rings. The second-order valence-electron chi connectivity index (χ2n) is 5.15. The Bertz CT molecular complexity index is 350. The van der Waals surface area contributed by atoms with Crippen molar-refractivity contribution in [3.05, 3.63) is 12.2 Å². The van der Waals surface area contributed by atoms with Gasteiger partial charge in [0.05, 0.1) is 0 Å². The van der Waals surface area contributed by atoms with Gasteiger partial charge in [0.1, 0.15) is 6.54 Å². The summed E-state index contributed by atoms with van der Waals surface area (Å²) in [6.45, 7) is 0.367. The van der Waals surface area contributed by atoms with Gasteiger partial charge in [0.25, 0.3) is 0 Å². The zero-order chi connectivity index (χ0) is 13.0. The number of aliphatic carboxylic acids is 1. The van der Waals surface area contributed by atoms with E-state index in [4.69, 9.17) is 5.11 Å². The Balaban J connectivity index is 1.84. The molecule has 1 saturated carbocycles. The van der Waals surface area contributed by atoms with Gasteiger partial charge in [-0.25, -0.2) is 4.79 Å². The summed E-state index contributed by atoms with van der Waals surface area (Å²) < 4.78 is 0. The molecule has 1 unspecified atom stereocenters. The summed E-state index contributed by atoms with van der Waals surface area (Å²) in [6.07, 6.45) is 9.15. The molecular weight excluding hydrogens is 232 g/mol. The molecule has 2 aliphatic rings. The van der Waals surface area contributed by atoms with Gasteiger partial charge in [-0.3, -0.25) is 4.79 Å². The summed E-state index contributed by atoms with van der Waals surface area (Å²) in [5, 5.41) is 11.8. The lowest BCUT2D eigenvalue weighted by molar-refractivity contribution is -0.137. The molecule has 0 aromatic rings. The average molecular weight is 252 g/mol. The van der Waals surface area contributed by atoms with E-state index >= 15 is 0 Å². The van der Waals surface area contributed by atoms with Gasteiger partial charge in [-0.1, -0.05) is 12.2 Å². The molecular formula is C13H20N2O3. The quantitative estimate of drug-likeness (QED) is 0.730. The Morgan fingerprint density at radius 3 is 2.61 bits per heavy atom. The van der Waals surface area contributed by atoms with Crippen LogP contribution in [0, 0.1) is 5.92 Å². The van der Waals surface area contributed by atoms with Crippen LogP contribution in [0.15, 0.2) is 12.2 Å². The minimum Gasteiger partial charge on any atom is -0.480 e.